The average Bonchev–Trinajstić information content (AvgIpc) is 2.95. The van der Waals surface area contributed by atoms with Gasteiger partial charge in [-0.05, 0) is 56.2 Å². The fourth-order valence-electron chi connectivity index (χ4n) is 2.75. The number of fused-ring (bicyclic) bond motifs is 1. The van der Waals surface area contributed by atoms with E-state index in [0.717, 1.165) is 28.8 Å². The van der Waals surface area contributed by atoms with Crippen molar-refractivity contribution < 1.29 is 9.53 Å². The predicted molar refractivity (Wildman–Crippen MR) is 99.0 cm³/mol. The molecule has 3 aromatic rings. The van der Waals surface area contributed by atoms with Gasteiger partial charge in [0.25, 0.3) is 5.91 Å². The lowest BCUT2D eigenvalue weighted by Gasteiger charge is -2.11. The number of ether oxygens (including phenoxy) is 1. The van der Waals surface area contributed by atoms with E-state index >= 15 is 0 Å². The smallest absolute Gasteiger partial charge is 0.251 e. The summed E-state index contributed by atoms with van der Waals surface area (Å²) in [6.07, 6.45) is 2.65. The summed E-state index contributed by atoms with van der Waals surface area (Å²) in [6.45, 7) is 4.58. The van der Waals surface area contributed by atoms with Crippen molar-refractivity contribution in [2.24, 2.45) is 7.05 Å². The largest absolute Gasteiger partial charge is 0.491 e. The highest BCUT2D eigenvalue weighted by Crippen LogP contribution is 2.16. The van der Waals surface area contributed by atoms with Gasteiger partial charge in [-0.2, -0.15) is 0 Å². The van der Waals surface area contributed by atoms with E-state index in [9.17, 15) is 4.79 Å². The van der Waals surface area contributed by atoms with Crippen LogP contribution in [0.4, 0.5) is 0 Å². The summed E-state index contributed by atoms with van der Waals surface area (Å²) < 4.78 is 7.63. The molecule has 5 heteroatoms. The summed E-state index contributed by atoms with van der Waals surface area (Å²) in [4.78, 5) is 16.6. The number of nitrogens with one attached hydrogen (secondary N) is 1. The quantitative estimate of drug-likeness (QED) is 0.750. The van der Waals surface area contributed by atoms with Gasteiger partial charge in [-0.25, -0.2) is 4.98 Å². The van der Waals surface area contributed by atoms with E-state index in [0.29, 0.717) is 12.1 Å². The summed E-state index contributed by atoms with van der Waals surface area (Å²) in [7, 11) is 1.94. The number of hydrogen-bond acceptors (Lipinski definition) is 3. The molecule has 0 spiro atoms. The number of hydrogen-bond donors (Lipinski definition) is 1. The van der Waals surface area contributed by atoms with Gasteiger partial charge in [0.05, 0.1) is 23.5 Å². The minimum Gasteiger partial charge on any atom is -0.491 e. The molecule has 0 aliphatic carbocycles. The third-order valence-corrected chi connectivity index (χ3v) is 3.96. The molecule has 1 N–H and O–H groups in total. The van der Waals surface area contributed by atoms with Crippen LogP contribution in [0, 0.1) is 0 Å². The lowest BCUT2D eigenvalue weighted by molar-refractivity contribution is 0.0954. The van der Waals surface area contributed by atoms with E-state index in [1.165, 1.54) is 0 Å². The van der Waals surface area contributed by atoms with Crippen molar-refractivity contribution in [1.82, 2.24) is 14.9 Å². The number of benzene rings is 2. The number of aryl methyl sites for hydroxylation is 1. The Balaban J connectivity index is 1.58. The normalized spacial score (nSPS) is 11.0. The minimum atomic E-state index is -0.0814. The van der Waals surface area contributed by atoms with Crippen LogP contribution in [-0.2, 0) is 13.5 Å². The highest BCUT2D eigenvalue weighted by atomic mass is 16.5. The maximum Gasteiger partial charge on any atom is 0.251 e. The van der Waals surface area contributed by atoms with Gasteiger partial charge in [-0.1, -0.05) is 12.1 Å². The molecule has 5 nitrogen and oxygen atoms in total. The van der Waals surface area contributed by atoms with Gasteiger partial charge < -0.3 is 14.6 Å². The number of nitrogens with zero attached hydrogens (tertiary/aromatic N) is 2. The van der Waals surface area contributed by atoms with Crippen molar-refractivity contribution in [3.63, 3.8) is 0 Å². The van der Waals surface area contributed by atoms with Gasteiger partial charge in [0.1, 0.15) is 5.75 Å². The van der Waals surface area contributed by atoms with E-state index < -0.39 is 0 Å². The van der Waals surface area contributed by atoms with E-state index in [-0.39, 0.29) is 12.0 Å². The van der Waals surface area contributed by atoms with Gasteiger partial charge in [0.15, 0.2) is 0 Å². The Morgan fingerprint density at radius 3 is 2.88 bits per heavy atom. The van der Waals surface area contributed by atoms with E-state index in [1.54, 1.807) is 6.33 Å². The lowest BCUT2D eigenvalue weighted by atomic mass is 10.1. The van der Waals surface area contributed by atoms with E-state index in [1.807, 2.05) is 67.9 Å². The molecule has 0 saturated carbocycles. The first kappa shape index (κ1) is 17.0. The third-order valence-electron chi connectivity index (χ3n) is 3.96. The zero-order chi connectivity index (χ0) is 17.8. The number of amides is 1. The number of aromatic nitrogens is 2. The summed E-state index contributed by atoms with van der Waals surface area (Å²) in [5.41, 5.74) is 3.61. The fraction of sp³-hybridized carbons (Fsp3) is 0.300. The second-order valence-electron chi connectivity index (χ2n) is 6.38. The molecule has 0 aliphatic heterocycles. The number of imidazole rings is 1. The number of carbonyl (C=O) groups is 1. The van der Waals surface area contributed by atoms with Crippen LogP contribution in [0.15, 0.2) is 48.8 Å². The van der Waals surface area contributed by atoms with Crippen molar-refractivity contribution in [2.45, 2.75) is 26.4 Å². The monoisotopic (exact) mass is 337 g/mol. The summed E-state index contributed by atoms with van der Waals surface area (Å²) in [6, 6.07) is 13.6. The number of carbonyl (C=O) groups excluding carboxylic acids is 1. The van der Waals surface area contributed by atoms with Crippen LogP contribution >= 0.6 is 0 Å². The van der Waals surface area contributed by atoms with Crippen molar-refractivity contribution in [2.75, 3.05) is 6.54 Å². The van der Waals surface area contributed by atoms with Crippen molar-refractivity contribution in [3.05, 3.63) is 59.9 Å². The summed E-state index contributed by atoms with van der Waals surface area (Å²) in [5, 5.41) is 2.96. The van der Waals surface area contributed by atoms with E-state index in [4.69, 9.17) is 4.74 Å². The summed E-state index contributed by atoms with van der Waals surface area (Å²) in [5.74, 6) is 0.779. The zero-order valence-corrected chi connectivity index (χ0v) is 14.8. The molecule has 0 unspecified atom stereocenters. The Kier molecular flexibility index (Phi) is 5.03. The maximum atomic E-state index is 12.3. The molecule has 0 radical (unpaired) electrons. The van der Waals surface area contributed by atoms with Gasteiger partial charge in [0.2, 0.25) is 0 Å². The minimum absolute atomic E-state index is 0.0814. The van der Waals surface area contributed by atoms with Gasteiger partial charge in [0, 0.05) is 19.2 Å². The molecular formula is C20H23N3O2. The SMILES string of the molecule is CC(C)Oc1cccc(CCNC(=O)c2ccc3c(c2)ncn3C)c1. The van der Waals surface area contributed by atoms with Crippen molar-refractivity contribution in [1.29, 1.82) is 0 Å². The second kappa shape index (κ2) is 7.38. The van der Waals surface area contributed by atoms with Crippen LogP contribution in [-0.4, -0.2) is 28.1 Å². The average molecular weight is 337 g/mol. The predicted octanol–water partition coefficient (Wildman–Crippen LogP) is 3.33. The van der Waals surface area contributed by atoms with E-state index in [2.05, 4.69) is 10.3 Å². The molecule has 0 bridgehead atoms. The molecule has 1 amide bonds. The first-order valence-corrected chi connectivity index (χ1v) is 8.48. The lowest BCUT2D eigenvalue weighted by Crippen LogP contribution is -2.25. The third kappa shape index (κ3) is 4.18. The molecule has 1 aromatic heterocycles. The Labute approximate surface area is 147 Å². The van der Waals surface area contributed by atoms with Crippen molar-refractivity contribution >= 4 is 16.9 Å². The molecule has 130 valence electrons. The van der Waals surface area contributed by atoms with Crippen LogP contribution < -0.4 is 10.1 Å². The highest BCUT2D eigenvalue weighted by Gasteiger charge is 2.08. The molecule has 0 atom stereocenters. The van der Waals surface area contributed by atoms with Gasteiger partial charge >= 0.3 is 0 Å². The van der Waals surface area contributed by atoms with Crippen LogP contribution in [0.2, 0.25) is 0 Å². The molecule has 1 heterocycles. The van der Waals surface area contributed by atoms with Crippen LogP contribution in [0.25, 0.3) is 11.0 Å². The standard InChI is InChI=1S/C20H23N3O2/c1-14(2)25-17-6-4-5-15(11-17)9-10-21-20(24)16-7-8-19-18(12-16)22-13-23(19)3/h4-8,11-14H,9-10H2,1-3H3,(H,21,24). The topological polar surface area (TPSA) is 56.1 Å². The van der Waals surface area contributed by atoms with Crippen LogP contribution in [0.3, 0.4) is 0 Å². The van der Waals surface area contributed by atoms with Gasteiger partial charge in [-0.15, -0.1) is 0 Å². The summed E-state index contributed by atoms with van der Waals surface area (Å²) >= 11 is 0. The Bertz CT molecular complexity index is 884. The van der Waals surface area contributed by atoms with Crippen molar-refractivity contribution in [3.8, 4) is 5.75 Å². The molecule has 0 fully saturated rings. The molecule has 25 heavy (non-hydrogen) atoms. The van der Waals surface area contributed by atoms with Crippen LogP contribution in [0.1, 0.15) is 29.8 Å². The Morgan fingerprint density at radius 1 is 1.24 bits per heavy atom. The molecule has 0 aliphatic rings. The van der Waals surface area contributed by atoms with Crippen LogP contribution in [0.5, 0.6) is 5.75 Å². The Morgan fingerprint density at radius 2 is 2.08 bits per heavy atom. The highest BCUT2D eigenvalue weighted by molar-refractivity contribution is 5.97. The molecular weight excluding hydrogens is 314 g/mol. The molecule has 2 aromatic carbocycles. The first-order chi connectivity index (χ1) is 12.0. The first-order valence-electron chi connectivity index (χ1n) is 8.48. The number of rotatable bonds is 6. The Hall–Kier alpha value is -2.82. The molecule has 0 saturated heterocycles. The maximum absolute atomic E-state index is 12.3. The second-order valence-corrected chi connectivity index (χ2v) is 6.38. The zero-order valence-electron chi connectivity index (χ0n) is 14.8. The molecule has 3 rings (SSSR count). The van der Waals surface area contributed by atoms with Gasteiger partial charge in [-0.3, -0.25) is 4.79 Å². The fourth-order valence-corrected chi connectivity index (χ4v) is 2.75.